The van der Waals surface area contributed by atoms with Crippen molar-refractivity contribution in [3.05, 3.63) is 64.1 Å². The Morgan fingerprint density at radius 3 is 2.63 bits per heavy atom. The van der Waals surface area contributed by atoms with Crippen molar-refractivity contribution in [2.45, 2.75) is 24.4 Å². The van der Waals surface area contributed by atoms with E-state index in [9.17, 15) is 18.0 Å². The zero-order valence-corrected chi connectivity index (χ0v) is 15.1. The number of carbonyl (C=O) groups is 1. The summed E-state index contributed by atoms with van der Waals surface area (Å²) in [7, 11) is -3.75. The Morgan fingerprint density at radius 2 is 1.89 bits per heavy atom. The summed E-state index contributed by atoms with van der Waals surface area (Å²) in [6.07, 6.45) is 0.641. The number of aromatic nitrogens is 1. The lowest BCUT2D eigenvalue weighted by molar-refractivity contribution is -0.118. The van der Waals surface area contributed by atoms with Crippen molar-refractivity contribution in [2.24, 2.45) is 5.73 Å². The van der Waals surface area contributed by atoms with E-state index in [1.807, 2.05) is 24.3 Å². The van der Waals surface area contributed by atoms with Gasteiger partial charge in [0.25, 0.3) is 0 Å². The van der Waals surface area contributed by atoms with Gasteiger partial charge in [0.1, 0.15) is 6.54 Å². The maximum atomic E-state index is 13.0. The molecule has 9 heteroatoms. The standard InChI is InChI=1S/C18H17N3O5S/c19-17(22)11-21-15-6-5-14(9-16(15)26-18(21)23)27(24,25)20-8-7-12-3-1-2-4-13(12)10-20/h1-6,9H,7-8,10-11H2,(H2,19,22). The molecule has 2 N–H and O–H groups in total. The molecule has 3 aromatic rings. The van der Waals surface area contributed by atoms with E-state index in [-0.39, 0.29) is 17.0 Å². The van der Waals surface area contributed by atoms with Crippen LogP contribution in [0.1, 0.15) is 11.1 Å². The monoisotopic (exact) mass is 387 g/mol. The van der Waals surface area contributed by atoms with E-state index in [0.29, 0.717) is 25.0 Å². The molecule has 2 aromatic carbocycles. The van der Waals surface area contributed by atoms with E-state index in [1.54, 1.807) is 0 Å². The van der Waals surface area contributed by atoms with Gasteiger partial charge < -0.3 is 10.2 Å². The molecule has 1 aromatic heterocycles. The number of hydrogen-bond acceptors (Lipinski definition) is 5. The fourth-order valence-corrected chi connectivity index (χ4v) is 4.77. The molecule has 1 aliphatic rings. The van der Waals surface area contributed by atoms with Crippen molar-refractivity contribution in [2.75, 3.05) is 6.54 Å². The summed E-state index contributed by atoms with van der Waals surface area (Å²) in [4.78, 5) is 23.1. The molecule has 0 atom stereocenters. The third-order valence-electron chi connectivity index (χ3n) is 4.69. The summed E-state index contributed by atoms with van der Waals surface area (Å²) in [5, 5.41) is 0. The molecule has 0 aliphatic carbocycles. The summed E-state index contributed by atoms with van der Waals surface area (Å²) in [5.74, 6) is -1.45. The quantitative estimate of drug-likeness (QED) is 0.712. The van der Waals surface area contributed by atoms with Gasteiger partial charge in [-0.25, -0.2) is 13.2 Å². The lowest BCUT2D eigenvalue weighted by atomic mass is 10.0. The molecule has 8 nitrogen and oxygen atoms in total. The summed E-state index contributed by atoms with van der Waals surface area (Å²) < 4.78 is 33.7. The maximum absolute atomic E-state index is 13.0. The van der Waals surface area contributed by atoms with Crippen LogP contribution in [0.5, 0.6) is 0 Å². The average Bonchev–Trinajstić information content (AvgIpc) is 2.95. The molecule has 0 radical (unpaired) electrons. The molecule has 0 unspecified atom stereocenters. The van der Waals surface area contributed by atoms with Crippen LogP contribution in [0.25, 0.3) is 11.1 Å². The summed E-state index contributed by atoms with van der Waals surface area (Å²) in [6.45, 7) is 0.341. The Labute approximate surface area is 154 Å². The average molecular weight is 387 g/mol. The van der Waals surface area contributed by atoms with Gasteiger partial charge in [0.05, 0.1) is 10.4 Å². The van der Waals surface area contributed by atoms with Crippen LogP contribution in [-0.4, -0.2) is 29.7 Å². The van der Waals surface area contributed by atoms with E-state index in [2.05, 4.69) is 0 Å². The van der Waals surface area contributed by atoms with Gasteiger partial charge in [-0.05, 0) is 29.7 Å². The van der Waals surface area contributed by atoms with Gasteiger partial charge >= 0.3 is 5.76 Å². The predicted molar refractivity (Wildman–Crippen MR) is 97.4 cm³/mol. The maximum Gasteiger partial charge on any atom is 0.420 e. The lowest BCUT2D eigenvalue weighted by Crippen LogP contribution is -2.35. The minimum atomic E-state index is -3.75. The van der Waals surface area contributed by atoms with E-state index < -0.39 is 21.7 Å². The van der Waals surface area contributed by atoms with Crippen LogP contribution in [0, 0.1) is 0 Å². The Hall–Kier alpha value is -2.91. The number of nitrogens with zero attached hydrogens (tertiary/aromatic N) is 2. The number of nitrogens with two attached hydrogens (primary N) is 1. The van der Waals surface area contributed by atoms with Gasteiger partial charge in [-0.15, -0.1) is 0 Å². The second kappa shape index (κ2) is 6.36. The van der Waals surface area contributed by atoms with E-state index >= 15 is 0 Å². The highest BCUT2D eigenvalue weighted by molar-refractivity contribution is 7.89. The molecule has 1 amide bonds. The van der Waals surface area contributed by atoms with Crippen LogP contribution in [0.4, 0.5) is 0 Å². The first kappa shape index (κ1) is 17.5. The van der Waals surface area contributed by atoms with Gasteiger partial charge in [-0.3, -0.25) is 9.36 Å². The number of hydrogen-bond donors (Lipinski definition) is 1. The predicted octanol–water partition coefficient (Wildman–Crippen LogP) is 0.827. The third kappa shape index (κ3) is 3.04. The normalized spacial score (nSPS) is 15.0. The van der Waals surface area contributed by atoms with Crippen LogP contribution in [0.2, 0.25) is 0 Å². The van der Waals surface area contributed by atoms with Gasteiger partial charge in [0, 0.05) is 19.2 Å². The number of rotatable bonds is 4. The number of amides is 1. The van der Waals surface area contributed by atoms with Crippen LogP contribution in [-0.2, 0) is 34.3 Å². The zero-order valence-electron chi connectivity index (χ0n) is 14.3. The molecular formula is C18H17N3O5S. The highest BCUT2D eigenvalue weighted by Gasteiger charge is 2.29. The molecular weight excluding hydrogens is 370 g/mol. The van der Waals surface area contributed by atoms with Crippen molar-refractivity contribution in [1.82, 2.24) is 8.87 Å². The molecule has 27 heavy (non-hydrogen) atoms. The summed E-state index contributed by atoms with van der Waals surface area (Å²) >= 11 is 0. The number of fused-ring (bicyclic) bond motifs is 2. The first-order chi connectivity index (χ1) is 12.9. The summed E-state index contributed by atoms with van der Waals surface area (Å²) in [5.41, 5.74) is 7.68. The molecule has 4 rings (SSSR count). The largest absolute Gasteiger partial charge is 0.420 e. The Kier molecular flexibility index (Phi) is 4.12. The van der Waals surface area contributed by atoms with Crippen LogP contribution >= 0.6 is 0 Å². The van der Waals surface area contributed by atoms with Gasteiger partial charge in [-0.2, -0.15) is 4.31 Å². The Bertz CT molecular complexity index is 1210. The number of benzene rings is 2. The molecule has 1 aliphatic heterocycles. The molecule has 0 fully saturated rings. The molecule has 2 heterocycles. The van der Waals surface area contributed by atoms with E-state index in [1.165, 1.54) is 22.5 Å². The number of carbonyl (C=O) groups excluding carboxylic acids is 1. The highest BCUT2D eigenvalue weighted by atomic mass is 32.2. The van der Waals surface area contributed by atoms with E-state index in [0.717, 1.165) is 15.7 Å². The van der Waals surface area contributed by atoms with Crippen molar-refractivity contribution < 1.29 is 17.6 Å². The van der Waals surface area contributed by atoms with Crippen molar-refractivity contribution in [3.8, 4) is 0 Å². The molecule has 140 valence electrons. The fraction of sp³-hybridized carbons (Fsp3) is 0.222. The first-order valence-corrected chi connectivity index (χ1v) is 9.79. The van der Waals surface area contributed by atoms with Gasteiger partial charge in [0.15, 0.2) is 5.58 Å². The Balaban J connectivity index is 1.71. The minimum Gasteiger partial charge on any atom is -0.408 e. The summed E-state index contributed by atoms with van der Waals surface area (Å²) in [6, 6.07) is 11.9. The molecule has 0 bridgehead atoms. The Morgan fingerprint density at radius 1 is 1.15 bits per heavy atom. The van der Waals surface area contributed by atoms with Gasteiger partial charge in [0.2, 0.25) is 15.9 Å². The topological polar surface area (TPSA) is 116 Å². The highest BCUT2D eigenvalue weighted by Crippen LogP contribution is 2.26. The van der Waals surface area contributed by atoms with Crippen LogP contribution in [0.15, 0.2) is 56.6 Å². The molecule has 0 saturated carbocycles. The molecule has 0 spiro atoms. The van der Waals surface area contributed by atoms with Crippen molar-refractivity contribution >= 4 is 27.0 Å². The second-order valence-electron chi connectivity index (χ2n) is 6.41. The van der Waals surface area contributed by atoms with Crippen LogP contribution in [0.3, 0.4) is 0 Å². The lowest BCUT2D eigenvalue weighted by Gasteiger charge is -2.28. The number of sulfonamides is 1. The van der Waals surface area contributed by atoms with Crippen molar-refractivity contribution in [3.63, 3.8) is 0 Å². The number of primary amides is 1. The number of oxazole rings is 1. The smallest absolute Gasteiger partial charge is 0.408 e. The van der Waals surface area contributed by atoms with E-state index in [4.69, 9.17) is 10.2 Å². The minimum absolute atomic E-state index is 0.0364. The second-order valence-corrected chi connectivity index (χ2v) is 8.35. The molecule has 0 saturated heterocycles. The van der Waals surface area contributed by atoms with Crippen LogP contribution < -0.4 is 11.5 Å². The SMILES string of the molecule is NC(=O)Cn1c(=O)oc2cc(S(=O)(=O)N3CCc4ccccc4C3)ccc21. The fourth-order valence-electron chi connectivity index (χ4n) is 3.34. The van der Waals surface area contributed by atoms with Crippen molar-refractivity contribution in [1.29, 1.82) is 0 Å². The first-order valence-electron chi connectivity index (χ1n) is 8.35. The zero-order chi connectivity index (χ0) is 19.2. The van der Waals surface area contributed by atoms with Gasteiger partial charge in [-0.1, -0.05) is 24.3 Å². The third-order valence-corrected chi connectivity index (χ3v) is 6.53.